The van der Waals surface area contributed by atoms with Gasteiger partial charge in [-0.05, 0) is 140 Å². The summed E-state index contributed by atoms with van der Waals surface area (Å²) < 4.78 is 0. The van der Waals surface area contributed by atoms with Gasteiger partial charge in [0, 0.05) is 34.4 Å². The number of para-hydroxylation sites is 2. The van der Waals surface area contributed by atoms with Gasteiger partial charge in [-0.2, -0.15) is 0 Å². The molecule has 1 N–H and O–H groups in total. The van der Waals surface area contributed by atoms with E-state index in [4.69, 9.17) is 0 Å². The predicted molar refractivity (Wildman–Crippen MR) is 271 cm³/mol. The molecule has 1 aliphatic heterocycles. The molecular weight excluding hydrogens is 773 g/mol. The number of rotatable bonds is 8. The molecule has 1 atom stereocenters. The normalized spacial score (nSPS) is 17.2. The van der Waals surface area contributed by atoms with Crippen molar-refractivity contribution in [3.63, 3.8) is 0 Å². The highest BCUT2D eigenvalue weighted by Gasteiger charge is 2.46. The van der Waals surface area contributed by atoms with Crippen LogP contribution in [0.15, 0.2) is 243 Å². The molecular formula is C62H48N2. The quantitative estimate of drug-likeness (QED) is 0.164. The largest absolute Gasteiger partial charge is 0.355 e. The monoisotopic (exact) mass is 820 g/mol. The summed E-state index contributed by atoms with van der Waals surface area (Å²) >= 11 is 0. The van der Waals surface area contributed by atoms with Gasteiger partial charge in [0.2, 0.25) is 0 Å². The number of hydrogen-bond acceptors (Lipinski definition) is 2. The topological polar surface area (TPSA) is 15.3 Å². The lowest BCUT2D eigenvalue weighted by atomic mass is 9.67. The van der Waals surface area contributed by atoms with Crippen LogP contribution in [-0.2, 0) is 5.41 Å². The molecule has 11 rings (SSSR count). The third-order valence-corrected chi connectivity index (χ3v) is 13.2. The van der Waals surface area contributed by atoms with E-state index >= 15 is 0 Å². The third kappa shape index (κ3) is 6.85. The molecule has 1 heterocycles. The molecule has 1 unspecified atom stereocenters. The number of benzene rings is 8. The molecule has 8 aromatic carbocycles. The first kappa shape index (κ1) is 38.9. The Morgan fingerprint density at radius 1 is 0.562 bits per heavy atom. The summed E-state index contributed by atoms with van der Waals surface area (Å²) in [5.74, 6) is 0.519. The Kier molecular flexibility index (Phi) is 9.98. The van der Waals surface area contributed by atoms with Crippen LogP contribution >= 0.6 is 0 Å². The molecule has 2 heteroatoms. The molecule has 0 radical (unpaired) electrons. The fraction of sp³-hybridized carbons (Fsp3) is 0.0645. The minimum Gasteiger partial charge on any atom is -0.355 e. The van der Waals surface area contributed by atoms with Crippen LogP contribution in [0.25, 0.3) is 39.0 Å². The summed E-state index contributed by atoms with van der Waals surface area (Å²) in [5.41, 5.74) is 20.6. The van der Waals surface area contributed by atoms with E-state index in [-0.39, 0.29) is 0 Å². The highest BCUT2D eigenvalue weighted by molar-refractivity contribution is 5.96. The van der Waals surface area contributed by atoms with Crippen molar-refractivity contribution in [2.75, 3.05) is 10.2 Å². The highest BCUT2D eigenvalue weighted by Crippen LogP contribution is 2.57. The second-order valence-corrected chi connectivity index (χ2v) is 17.2. The average molecular weight is 821 g/mol. The summed E-state index contributed by atoms with van der Waals surface area (Å²) in [7, 11) is 0. The number of fused-ring (bicyclic) bond motifs is 4. The molecule has 0 amide bonds. The molecule has 0 bridgehead atoms. The molecule has 0 spiro atoms. The van der Waals surface area contributed by atoms with Crippen molar-refractivity contribution in [2.45, 2.75) is 18.8 Å². The smallest absolute Gasteiger partial charge is 0.0713 e. The van der Waals surface area contributed by atoms with E-state index in [0.717, 1.165) is 62.6 Å². The molecule has 0 fully saturated rings. The minimum atomic E-state index is -0.459. The van der Waals surface area contributed by atoms with Crippen LogP contribution in [0.2, 0.25) is 0 Å². The lowest BCUT2D eigenvalue weighted by Crippen LogP contribution is -2.28. The van der Waals surface area contributed by atoms with E-state index in [1.165, 1.54) is 44.5 Å². The Bertz CT molecular complexity index is 3150. The molecule has 2 aliphatic carbocycles. The molecule has 0 aromatic heterocycles. The Balaban J connectivity index is 1.06. The van der Waals surface area contributed by atoms with E-state index in [1.807, 2.05) is 0 Å². The number of nitrogens with zero attached hydrogens (tertiary/aromatic N) is 1. The van der Waals surface area contributed by atoms with Crippen molar-refractivity contribution >= 4 is 39.5 Å². The lowest BCUT2D eigenvalue weighted by Gasteiger charge is -2.33. The Morgan fingerprint density at radius 2 is 1.22 bits per heavy atom. The zero-order valence-electron chi connectivity index (χ0n) is 36.0. The zero-order valence-corrected chi connectivity index (χ0v) is 36.0. The maximum absolute atomic E-state index is 4.67. The summed E-state index contributed by atoms with van der Waals surface area (Å²) in [4.78, 5) is 2.32. The van der Waals surface area contributed by atoms with Crippen molar-refractivity contribution < 1.29 is 0 Å². The Hall–Kier alpha value is -7.94. The predicted octanol–water partition coefficient (Wildman–Crippen LogP) is 16.2. The second-order valence-electron chi connectivity index (χ2n) is 17.2. The molecule has 8 aromatic rings. The maximum atomic E-state index is 4.67. The van der Waals surface area contributed by atoms with Crippen LogP contribution in [0.5, 0.6) is 0 Å². The van der Waals surface area contributed by atoms with Crippen LogP contribution in [0.3, 0.4) is 0 Å². The molecule has 0 saturated heterocycles. The highest BCUT2D eigenvalue weighted by atomic mass is 15.1. The van der Waals surface area contributed by atoms with Gasteiger partial charge in [-0.1, -0.05) is 183 Å². The number of nitrogens with one attached hydrogen (secondary N) is 1. The molecule has 64 heavy (non-hydrogen) atoms. The van der Waals surface area contributed by atoms with Crippen molar-refractivity contribution in [3.05, 3.63) is 282 Å². The van der Waals surface area contributed by atoms with Crippen LogP contribution in [0.4, 0.5) is 22.7 Å². The lowest BCUT2D eigenvalue weighted by molar-refractivity contribution is 0.749. The van der Waals surface area contributed by atoms with Crippen LogP contribution in [-0.4, -0.2) is 0 Å². The summed E-state index contributed by atoms with van der Waals surface area (Å²) in [5, 5.41) is 3.79. The van der Waals surface area contributed by atoms with Gasteiger partial charge < -0.3 is 10.2 Å². The first-order valence-corrected chi connectivity index (χ1v) is 22.3. The van der Waals surface area contributed by atoms with E-state index in [9.17, 15) is 0 Å². The standard InChI is InChI=1S/C62H48N2/c1-43-18-16-19-45(38-43)46-20-17-27-53(40-46)64-37-36-48(39-44(2)54-28-13-15-31-61(54)64)47-33-35-60(63-52-25-10-5-11-26-52)56(41-47)49-32-34-59-57(42-49)55-29-12-14-30-58(55)62(59,50-21-6-3-7-22-50)51-23-8-4-9-24-51/h3-37,39-43,63H,2,38H2,1H3/b37-36-,48-39+. The maximum Gasteiger partial charge on any atom is 0.0713 e. The van der Waals surface area contributed by atoms with Crippen LogP contribution in [0.1, 0.15) is 52.3 Å². The van der Waals surface area contributed by atoms with Gasteiger partial charge in [-0.25, -0.2) is 0 Å². The number of anilines is 4. The van der Waals surface area contributed by atoms with Crippen LogP contribution in [0, 0.1) is 5.92 Å². The first-order chi connectivity index (χ1) is 31.5. The number of hydrogen-bond donors (Lipinski definition) is 1. The minimum absolute atomic E-state index is 0.459. The summed E-state index contributed by atoms with van der Waals surface area (Å²) in [6.07, 6.45) is 14.5. The average Bonchev–Trinajstić information content (AvgIpc) is 3.65. The number of allylic oxidation sites excluding steroid dienone is 8. The van der Waals surface area contributed by atoms with Gasteiger partial charge in [0.15, 0.2) is 0 Å². The van der Waals surface area contributed by atoms with Crippen molar-refractivity contribution in [2.24, 2.45) is 5.92 Å². The van der Waals surface area contributed by atoms with Crippen molar-refractivity contribution in [1.82, 2.24) is 0 Å². The van der Waals surface area contributed by atoms with Gasteiger partial charge in [-0.3, -0.25) is 0 Å². The Labute approximate surface area is 377 Å². The van der Waals surface area contributed by atoms with Gasteiger partial charge in [0.25, 0.3) is 0 Å². The molecule has 2 nitrogen and oxygen atoms in total. The van der Waals surface area contributed by atoms with Gasteiger partial charge in [0.1, 0.15) is 0 Å². The first-order valence-electron chi connectivity index (χ1n) is 22.3. The SMILES string of the molecule is C=C1/C=C(c2ccc(Nc3ccccc3)c(-c3ccc4c(c3)-c3ccccc3C4(c3ccccc3)c3ccccc3)c2)\C=C/N(c2cccc(C3=CC=CC(C)C3)c2)c2ccccc21. The second kappa shape index (κ2) is 16.4. The van der Waals surface area contributed by atoms with E-state index in [0.29, 0.717) is 5.92 Å². The van der Waals surface area contributed by atoms with Crippen LogP contribution < -0.4 is 10.2 Å². The summed E-state index contributed by atoms with van der Waals surface area (Å²) in [6, 6.07) is 72.9. The molecule has 0 saturated carbocycles. The van der Waals surface area contributed by atoms with E-state index in [2.05, 4.69) is 260 Å². The fourth-order valence-corrected chi connectivity index (χ4v) is 10.2. The fourth-order valence-electron chi connectivity index (χ4n) is 10.2. The van der Waals surface area contributed by atoms with Gasteiger partial charge >= 0.3 is 0 Å². The Morgan fingerprint density at radius 3 is 1.98 bits per heavy atom. The van der Waals surface area contributed by atoms with Crippen molar-refractivity contribution in [1.29, 1.82) is 0 Å². The van der Waals surface area contributed by atoms with E-state index in [1.54, 1.807) is 0 Å². The van der Waals surface area contributed by atoms with E-state index < -0.39 is 5.41 Å². The zero-order chi connectivity index (χ0) is 43.0. The van der Waals surface area contributed by atoms with Crippen molar-refractivity contribution in [3.8, 4) is 22.3 Å². The van der Waals surface area contributed by atoms with Gasteiger partial charge in [-0.15, -0.1) is 0 Å². The third-order valence-electron chi connectivity index (χ3n) is 13.2. The molecule has 3 aliphatic rings. The molecule has 306 valence electrons. The summed E-state index contributed by atoms with van der Waals surface area (Å²) in [6.45, 7) is 6.96. The van der Waals surface area contributed by atoms with Gasteiger partial charge in [0.05, 0.1) is 11.1 Å².